The molecule has 1 heterocycles. The SMILES string of the molecule is O=C(c1ccc(F)cc1I)N1CCC(F)(F)C1. The average Bonchev–Trinajstić information content (AvgIpc) is 2.58. The second-order valence-electron chi connectivity index (χ2n) is 3.96. The molecular weight excluding hydrogens is 346 g/mol. The number of benzene rings is 1. The van der Waals surface area contributed by atoms with Crippen molar-refractivity contribution in [2.24, 2.45) is 0 Å². The average molecular weight is 355 g/mol. The number of rotatable bonds is 1. The van der Waals surface area contributed by atoms with Crippen molar-refractivity contribution in [1.82, 2.24) is 4.90 Å². The number of carbonyl (C=O) groups excluding carboxylic acids is 1. The van der Waals surface area contributed by atoms with E-state index in [1.54, 1.807) is 0 Å². The zero-order valence-electron chi connectivity index (χ0n) is 8.72. The highest BCUT2D eigenvalue weighted by molar-refractivity contribution is 14.1. The van der Waals surface area contributed by atoms with Crippen LogP contribution in [0.15, 0.2) is 18.2 Å². The molecule has 1 aliphatic rings. The third-order valence-electron chi connectivity index (χ3n) is 2.62. The number of hydrogen-bond donors (Lipinski definition) is 0. The first-order chi connectivity index (χ1) is 7.89. The largest absolute Gasteiger partial charge is 0.332 e. The van der Waals surface area contributed by atoms with Crippen LogP contribution in [0.4, 0.5) is 13.2 Å². The summed E-state index contributed by atoms with van der Waals surface area (Å²) in [5, 5.41) is 0. The summed E-state index contributed by atoms with van der Waals surface area (Å²) in [4.78, 5) is 13.0. The van der Waals surface area contributed by atoms with Gasteiger partial charge in [0.25, 0.3) is 11.8 Å². The number of alkyl halides is 2. The van der Waals surface area contributed by atoms with Gasteiger partial charge in [0, 0.05) is 16.5 Å². The maximum absolute atomic E-state index is 13.0. The molecule has 2 nitrogen and oxygen atoms in total. The molecule has 0 spiro atoms. The van der Waals surface area contributed by atoms with Gasteiger partial charge in [-0.25, -0.2) is 13.2 Å². The maximum Gasteiger partial charge on any atom is 0.267 e. The minimum absolute atomic E-state index is 0.0410. The van der Waals surface area contributed by atoms with Crippen molar-refractivity contribution >= 4 is 28.5 Å². The maximum atomic E-state index is 13.0. The molecule has 1 amide bonds. The Morgan fingerprint density at radius 1 is 1.41 bits per heavy atom. The minimum atomic E-state index is -2.80. The summed E-state index contributed by atoms with van der Waals surface area (Å²) >= 11 is 1.82. The molecule has 0 saturated carbocycles. The van der Waals surface area contributed by atoms with Gasteiger partial charge in [-0.15, -0.1) is 0 Å². The van der Waals surface area contributed by atoms with Gasteiger partial charge < -0.3 is 4.90 Å². The second-order valence-corrected chi connectivity index (χ2v) is 5.12. The molecule has 2 rings (SSSR count). The van der Waals surface area contributed by atoms with E-state index in [2.05, 4.69) is 0 Å². The van der Waals surface area contributed by atoms with Crippen LogP contribution in [-0.2, 0) is 0 Å². The molecule has 0 N–H and O–H groups in total. The summed E-state index contributed by atoms with van der Waals surface area (Å²) < 4.78 is 39.3. The van der Waals surface area contributed by atoms with Gasteiger partial charge in [-0.3, -0.25) is 4.79 Å². The van der Waals surface area contributed by atoms with E-state index in [0.717, 1.165) is 11.0 Å². The normalized spacial score (nSPS) is 18.5. The van der Waals surface area contributed by atoms with Gasteiger partial charge in [0.05, 0.1) is 12.1 Å². The van der Waals surface area contributed by atoms with Crippen LogP contribution < -0.4 is 0 Å². The van der Waals surface area contributed by atoms with Crippen molar-refractivity contribution < 1.29 is 18.0 Å². The van der Waals surface area contributed by atoms with Gasteiger partial charge in [-0.2, -0.15) is 0 Å². The van der Waals surface area contributed by atoms with Gasteiger partial charge in [0.2, 0.25) is 0 Å². The Morgan fingerprint density at radius 2 is 2.12 bits per heavy atom. The summed E-state index contributed by atoms with van der Waals surface area (Å²) in [6.45, 7) is -0.515. The van der Waals surface area contributed by atoms with Crippen molar-refractivity contribution in [2.45, 2.75) is 12.3 Å². The van der Waals surface area contributed by atoms with Crippen LogP contribution in [0.3, 0.4) is 0 Å². The smallest absolute Gasteiger partial charge is 0.267 e. The quantitative estimate of drug-likeness (QED) is 0.710. The van der Waals surface area contributed by atoms with Crippen molar-refractivity contribution in [2.75, 3.05) is 13.1 Å². The molecule has 0 aromatic heterocycles. The third kappa shape index (κ3) is 2.72. The molecule has 0 atom stereocenters. The molecule has 1 aliphatic heterocycles. The predicted octanol–water partition coefficient (Wildman–Crippen LogP) is 2.91. The Morgan fingerprint density at radius 3 is 2.65 bits per heavy atom. The zero-order valence-corrected chi connectivity index (χ0v) is 10.9. The number of hydrogen-bond acceptors (Lipinski definition) is 1. The highest BCUT2D eigenvalue weighted by Crippen LogP contribution is 2.28. The highest BCUT2D eigenvalue weighted by atomic mass is 127. The molecule has 1 aromatic rings. The van der Waals surface area contributed by atoms with Crippen LogP contribution >= 0.6 is 22.6 Å². The van der Waals surface area contributed by atoms with Crippen LogP contribution in [0.1, 0.15) is 16.8 Å². The topological polar surface area (TPSA) is 20.3 Å². The van der Waals surface area contributed by atoms with E-state index < -0.39 is 24.2 Å². The summed E-state index contributed by atoms with van der Waals surface area (Å²) in [5.74, 6) is -3.72. The van der Waals surface area contributed by atoms with Crippen LogP contribution in [0.25, 0.3) is 0 Å². The standard InChI is InChI=1S/C11H9F3INO/c12-7-1-2-8(9(15)5-7)10(17)16-4-3-11(13,14)6-16/h1-2,5H,3-4,6H2. The Labute approximate surface area is 110 Å². The van der Waals surface area contributed by atoms with Crippen molar-refractivity contribution in [3.05, 3.63) is 33.1 Å². The summed E-state index contributed by atoms with van der Waals surface area (Å²) in [7, 11) is 0. The van der Waals surface area contributed by atoms with Gasteiger partial charge >= 0.3 is 0 Å². The van der Waals surface area contributed by atoms with E-state index in [1.165, 1.54) is 12.1 Å². The number of halogens is 4. The van der Waals surface area contributed by atoms with Gasteiger partial charge in [-0.05, 0) is 40.8 Å². The van der Waals surface area contributed by atoms with Crippen LogP contribution in [0, 0.1) is 9.39 Å². The number of carbonyl (C=O) groups is 1. The van der Waals surface area contributed by atoms with Gasteiger partial charge in [0.1, 0.15) is 5.82 Å². The van der Waals surface area contributed by atoms with E-state index in [9.17, 15) is 18.0 Å². The van der Waals surface area contributed by atoms with E-state index in [1.807, 2.05) is 22.6 Å². The molecule has 1 aromatic carbocycles. The fraction of sp³-hybridized carbons (Fsp3) is 0.364. The Kier molecular flexibility index (Phi) is 3.33. The summed E-state index contributed by atoms with van der Waals surface area (Å²) in [6, 6.07) is 3.70. The molecule has 6 heteroatoms. The molecule has 92 valence electrons. The molecule has 17 heavy (non-hydrogen) atoms. The second kappa shape index (κ2) is 4.47. The lowest BCUT2D eigenvalue weighted by molar-refractivity contribution is 0.0120. The lowest BCUT2D eigenvalue weighted by Crippen LogP contribution is -2.31. The molecule has 1 saturated heterocycles. The predicted molar refractivity (Wildman–Crippen MR) is 64.6 cm³/mol. The fourth-order valence-corrected chi connectivity index (χ4v) is 2.45. The highest BCUT2D eigenvalue weighted by Gasteiger charge is 2.40. The lowest BCUT2D eigenvalue weighted by Gasteiger charge is -2.16. The molecular formula is C11H9F3INO. The van der Waals surface area contributed by atoms with Crippen LogP contribution in [0.5, 0.6) is 0 Å². The van der Waals surface area contributed by atoms with Gasteiger partial charge in [-0.1, -0.05) is 0 Å². The van der Waals surface area contributed by atoms with Gasteiger partial charge in [0.15, 0.2) is 0 Å². The third-order valence-corrected chi connectivity index (χ3v) is 3.51. The first kappa shape index (κ1) is 12.7. The molecule has 0 aliphatic carbocycles. The van der Waals surface area contributed by atoms with Crippen LogP contribution in [-0.4, -0.2) is 29.8 Å². The number of nitrogens with zero attached hydrogens (tertiary/aromatic N) is 1. The monoisotopic (exact) mass is 355 g/mol. The number of amides is 1. The minimum Gasteiger partial charge on any atom is -0.332 e. The van der Waals surface area contributed by atoms with Crippen molar-refractivity contribution in [1.29, 1.82) is 0 Å². The molecule has 1 fully saturated rings. The molecule has 0 bridgehead atoms. The Balaban J connectivity index is 2.21. The van der Waals surface area contributed by atoms with Crippen molar-refractivity contribution in [3.8, 4) is 0 Å². The summed E-state index contributed by atoms with van der Waals surface area (Å²) in [5.41, 5.74) is 0.268. The zero-order chi connectivity index (χ0) is 12.6. The first-order valence-electron chi connectivity index (χ1n) is 5.01. The van der Waals surface area contributed by atoms with Crippen molar-refractivity contribution in [3.63, 3.8) is 0 Å². The Hall–Kier alpha value is -0.790. The van der Waals surface area contributed by atoms with Crippen LogP contribution in [0.2, 0.25) is 0 Å². The van der Waals surface area contributed by atoms with E-state index in [4.69, 9.17) is 0 Å². The lowest BCUT2D eigenvalue weighted by atomic mass is 10.2. The fourth-order valence-electron chi connectivity index (χ4n) is 1.74. The number of likely N-dealkylation sites (tertiary alicyclic amines) is 1. The van der Waals surface area contributed by atoms with E-state index in [0.29, 0.717) is 3.57 Å². The molecule has 0 unspecified atom stereocenters. The van der Waals surface area contributed by atoms with E-state index >= 15 is 0 Å². The molecule has 0 radical (unpaired) electrons. The van der Waals surface area contributed by atoms with E-state index in [-0.39, 0.29) is 18.5 Å². The summed E-state index contributed by atoms with van der Waals surface area (Å²) in [6.07, 6.45) is -0.309. The Bertz CT molecular complexity index is 464. The first-order valence-corrected chi connectivity index (χ1v) is 6.09.